The van der Waals surface area contributed by atoms with Crippen molar-refractivity contribution in [3.8, 4) is 11.5 Å². The van der Waals surface area contributed by atoms with Crippen molar-refractivity contribution >= 4 is 39.0 Å². The third-order valence-corrected chi connectivity index (χ3v) is 5.17. The lowest BCUT2D eigenvalue weighted by Crippen LogP contribution is -2.23. The fourth-order valence-corrected chi connectivity index (χ4v) is 3.31. The maximum Gasteiger partial charge on any atom is 0.308 e. The van der Waals surface area contributed by atoms with E-state index < -0.39 is 5.97 Å². The summed E-state index contributed by atoms with van der Waals surface area (Å²) in [5.41, 5.74) is 0.845. The summed E-state index contributed by atoms with van der Waals surface area (Å²) in [5.74, 6) is 0.727. The number of esters is 1. The molecule has 7 nitrogen and oxygen atoms in total. The first-order valence-corrected chi connectivity index (χ1v) is 10.3. The van der Waals surface area contributed by atoms with E-state index in [1.165, 1.54) is 24.9 Å². The van der Waals surface area contributed by atoms with E-state index in [0.29, 0.717) is 28.0 Å². The largest absolute Gasteiger partial charge is 0.493 e. The third kappa shape index (κ3) is 4.43. The summed E-state index contributed by atoms with van der Waals surface area (Å²) in [5, 5.41) is 4.88. The van der Waals surface area contributed by atoms with Crippen molar-refractivity contribution in [2.24, 2.45) is 5.10 Å². The molecule has 156 valence electrons. The SMILES string of the molecule is CC[C@@H](C)c1nc2ccc(Br)cc2c(=O)n1N=Cc1cccc(OC)c1OC(C)=O. The van der Waals surface area contributed by atoms with Crippen molar-refractivity contribution in [2.75, 3.05) is 7.11 Å². The highest BCUT2D eigenvalue weighted by molar-refractivity contribution is 9.10. The molecule has 0 unspecified atom stereocenters. The number of aromatic nitrogens is 2. The summed E-state index contributed by atoms with van der Waals surface area (Å²) >= 11 is 3.40. The lowest BCUT2D eigenvalue weighted by Gasteiger charge is -2.14. The van der Waals surface area contributed by atoms with Gasteiger partial charge in [0.25, 0.3) is 5.56 Å². The molecule has 8 heteroatoms. The summed E-state index contributed by atoms with van der Waals surface area (Å²) in [6.45, 7) is 5.33. The standard InChI is InChI=1S/C22H22BrN3O4/c1-5-13(2)21-25-18-10-9-16(23)11-17(18)22(28)26(21)24-12-15-7-6-8-19(29-4)20(15)30-14(3)27/h6-13H,5H2,1-4H3/t13-/m1/s1. The summed E-state index contributed by atoms with van der Waals surface area (Å²) in [6, 6.07) is 10.5. The molecule has 0 amide bonds. The molecule has 30 heavy (non-hydrogen) atoms. The number of rotatable bonds is 6. The Morgan fingerprint density at radius 1 is 1.33 bits per heavy atom. The van der Waals surface area contributed by atoms with Gasteiger partial charge in [-0.2, -0.15) is 9.78 Å². The molecule has 0 saturated carbocycles. The number of halogens is 1. The molecule has 0 aliphatic rings. The van der Waals surface area contributed by atoms with Crippen molar-refractivity contribution in [2.45, 2.75) is 33.1 Å². The van der Waals surface area contributed by atoms with Crippen LogP contribution in [0.15, 0.2) is 50.8 Å². The number of methoxy groups -OCH3 is 1. The zero-order chi connectivity index (χ0) is 21.8. The highest BCUT2D eigenvalue weighted by Gasteiger charge is 2.16. The number of carbonyl (C=O) groups excluding carboxylic acids is 1. The van der Waals surface area contributed by atoms with Gasteiger partial charge in [-0.05, 0) is 36.8 Å². The van der Waals surface area contributed by atoms with E-state index in [0.717, 1.165) is 10.9 Å². The average Bonchev–Trinajstić information content (AvgIpc) is 2.73. The molecule has 3 aromatic rings. The third-order valence-electron chi connectivity index (χ3n) is 4.67. The number of hydrogen-bond donors (Lipinski definition) is 0. The van der Waals surface area contributed by atoms with Gasteiger partial charge in [-0.1, -0.05) is 35.8 Å². The summed E-state index contributed by atoms with van der Waals surface area (Å²) < 4.78 is 12.7. The Hall–Kier alpha value is -3.00. The highest BCUT2D eigenvalue weighted by atomic mass is 79.9. The minimum absolute atomic E-state index is 0.0150. The van der Waals surface area contributed by atoms with Crippen LogP contribution in [0.5, 0.6) is 11.5 Å². The summed E-state index contributed by atoms with van der Waals surface area (Å²) in [7, 11) is 1.49. The Balaban J connectivity index is 2.20. The topological polar surface area (TPSA) is 82.8 Å². The van der Waals surface area contributed by atoms with E-state index in [1.807, 2.05) is 26.0 Å². The molecule has 1 heterocycles. The molecule has 2 aromatic carbocycles. The monoisotopic (exact) mass is 471 g/mol. The average molecular weight is 472 g/mol. The molecule has 0 saturated heterocycles. The van der Waals surface area contributed by atoms with Gasteiger partial charge in [0.2, 0.25) is 0 Å². The van der Waals surface area contributed by atoms with Gasteiger partial charge in [-0.15, -0.1) is 0 Å². The maximum absolute atomic E-state index is 13.2. The molecule has 0 N–H and O–H groups in total. The molecular formula is C22H22BrN3O4. The van der Waals surface area contributed by atoms with Crippen LogP contribution in [0.2, 0.25) is 0 Å². The number of fused-ring (bicyclic) bond motifs is 1. The zero-order valence-corrected chi connectivity index (χ0v) is 18.8. The van der Waals surface area contributed by atoms with Crippen molar-refractivity contribution in [1.29, 1.82) is 0 Å². The predicted octanol–water partition coefficient (Wildman–Crippen LogP) is 4.49. The Morgan fingerprint density at radius 3 is 2.77 bits per heavy atom. The normalized spacial score (nSPS) is 12.3. The van der Waals surface area contributed by atoms with Crippen LogP contribution in [-0.4, -0.2) is 29.0 Å². The van der Waals surface area contributed by atoms with E-state index in [9.17, 15) is 9.59 Å². The smallest absolute Gasteiger partial charge is 0.308 e. The van der Waals surface area contributed by atoms with E-state index in [-0.39, 0.29) is 17.2 Å². The highest BCUT2D eigenvalue weighted by Crippen LogP contribution is 2.30. The lowest BCUT2D eigenvalue weighted by atomic mass is 10.1. The van der Waals surface area contributed by atoms with Crippen LogP contribution in [-0.2, 0) is 4.79 Å². The number of ether oxygens (including phenoxy) is 2. The minimum atomic E-state index is -0.483. The molecule has 0 radical (unpaired) electrons. The Labute approximate surface area is 182 Å². The second kappa shape index (κ2) is 9.21. The number of benzene rings is 2. The fourth-order valence-electron chi connectivity index (χ4n) is 2.95. The molecular weight excluding hydrogens is 450 g/mol. The van der Waals surface area contributed by atoms with Gasteiger partial charge in [0.05, 0.1) is 24.2 Å². The predicted molar refractivity (Wildman–Crippen MR) is 120 cm³/mol. The lowest BCUT2D eigenvalue weighted by molar-refractivity contribution is -0.132. The first kappa shape index (κ1) is 21.7. The van der Waals surface area contributed by atoms with Crippen molar-refractivity contribution < 1.29 is 14.3 Å². The van der Waals surface area contributed by atoms with Crippen LogP contribution in [0.4, 0.5) is 0 Å². The maximum atomic E-state index is 13.2. The first-order chi connectivity index (χ1) is 14.3. The van der Waals surface area contributed by atoms with Crippen molar-refractivity contribution in [1.82, 2.24) is 9.66 Å². The second-order valence-corrected chi connectivity index (χ2v) is 7.69. The number of para-hydroxylation sites is 1. The van der Waals surface area contributed by atoms with Gasteiger partial charge in [-0.3, -0.25) is 9.59 Å². The van der Waals surface area contributed by atoms with E-state index in [2.05, 4.69) is 26.0 Å². The van der Waals surface area contributed by atoms with Crippen LogP contribution in [0.1, 0.15) is 44.5 Å². The van der Waals surface area contributed by atoms with Gasteiger partial charge >= 0.3 is 5.97 Å². The van der Waals surface area contributed by atoms with E-state index >= 15 is 0 Å². The summed E-state index contributed by atoms with van der Waals surface area (Å²) in [4.78, 5) is 29.4. The summed E-state index contributed by atoms with van der Waals surface area (Å²) in [6.07, 6.45) is 2.27. The van der Waals surface area contributed by atoms with Crippen LogP contribution < -0.4 is 15.0 Å². The first-order valence-electron chi connectivity index (χ1n) is 9.47. The molecule has 3 rings (SSSR count). The van der Waals surface area contributed by atoms with Gasteiger partial charge in [0.1, 0.15) is 5.82 Å². The zero-order valence-electron chi connectivity index (χ0n) is 17.2. The molecule has 0 bridgehead atoms. The van der Waals surface area contributed by atoms with E-state index in [1.54, 1.807) is 24.3 Å². The molecule has 0 spiro atoms. The van der Waals surface area contributed by atoms with Gasteiger partial charge in [0, 0.05) is 22.9 Å². The van der Waals surface area contributed by atoms with Gasteiger partial charge in [-0.25, -0.2) is 4.98 Å². The molecule has 0 aliphatic carbocycles. The number of nitrogens with zero attached hydrogens (tertiary/aromatic N) is 3. The van der Waals surface area contributed by atoms with Gasteiger partial charge < -0.3 is 9.47 Å². The van der Waals surface area contributed by atoms with Crippen LogP contribution >= 0.6 is 15.9 Å². The fraction of sp³-hybridized carbons (Fsp3) is 0.273. The Bertz CT molecular complexity index is 1190. The number of carbonyl (C=O) groups is 1. The van der Waals surface area contributed by atoms with Crippen molar-refractivity contribution in [3.05, 3.63) is 62.6 Å². The van der Waals surface area contributed by atoms with Crippen LogP contribution in [0.25, 0.3) is 10.9 Å². The van der Waals surface area contributed by atoms with Crippen LogP contribution in [0.3, 0.4) is 0 Å². The Morgan fingerprint density at radius 2 is 2.10 bits per heavy atom. The molecule has 0 aliphatic heterocycles. The Kier molecular flexibility index (Phi) is 6.66. The minimum Gasteiger partial charge on any atom is -0.493 e. The van der Waals surface area contributed by atoms with Crippen LogP contribution in [0, 0.1) is 0 Å². The molecule has 0 fully saturated rings. The van der Waals surface area contributed by atoms with E-state index in [4.69, 9.17) is 9.47 Å². The molecule has 1 aromatic heterocycles. The van der Waals surface area contributed by atoms with Gasteiger partial charge in [0.15, 0.2) is 11.5 Å². The van der Waals surface area contributed by atoms with Crippen molar-refractivity contribution in [3.63, 3.8) is 0 Å². The second-order valence-electron chi connectivity index (χ2n) is 6.77. The molecule has 1 atom stereocenters. The quantitative estimate of drug-likeness (QED) is 0.300. The number of hydrogen-bond acceptors (Lipinski definition) is 6.